The van der Waals surface area contributed by atoms with Gasteiger partial charge in [0.15, 0.2) is 0 Å². The van der Waals surface area contributed by atoms with Gasteiger partial charge in [-0.05, 0) is 56.4 Å². The lowest BCUT2D eigenvalue weighted by Crippen LogP contribution is -2.06. The number of hydrogen-bond donors (Lipinski definition) is 4. The van der Waals surface area contributed by atoms with Crippen molar-refractivity contribution in [1.82, 2.24) is 0 Å². The zero-order valence-corrected chi connectivity index (χ0v) is 15.6. The quantitative estimate of drug-likeness (QED) is 0.300. The van der Waals surface area contributed by atoms with Crippen LogP contribution in [0.25, 0.3) is 0 Å². The molecule has 2 rings (SSSR count). The van der Waals surface area contributed by atoms with Gasteiger partial charge in [-0.1, -0.05) is 17.7 Å². The van der Waals surface area contributed by atoms with Crippen LogP contribution >= 0.6 is 0 Å². The SMILES string of the molecule is C/C(=C\CCC1CC(c2cc(O)ccc2O)OC1=O)CCC=C(CO)CO. The second-order valence-corrected chi connectivity index (χ2v) is 6.95. The molecule has 1 heterocycles. The van der Waals surface area contributed by atoms with E-state index >= 15 is 0 Å². The van der Waals surface area contributed by atoms with Crippen molar-refractivity contribution in [2.24, 2.45) is 5.92 Å². The van der Waals surface area contributed by atoms with Crippen LogP contribution in [0.1, 0.15) is 50.7 Å². The van der Waals surface area contributed by atoms with Gasteiger partial charge in [0.25, 0.3) is 0 Å². The van der Waals surface area contributed by atoms with E-state index in [2.05, 4.69) is 6.08 Å². The van der Waals surface area contributed by atoms with Crippen LogP contribution in [0.5, 0.6) is 11.5 Å². The first-order valence-corrected chi connectivity index (χ1v) is 9.22. The third kappa shape index (κ3) is 6.12. The number of allylic oxidation sites excluding steroid dienone is 3. The number of phenols is 2. The number of aliphatic hydroxyl groups excluding tert-OH is 2. The maximum Gasteiger partial charge on any atom is 0.309 e. The predicted molar refractivity (Wildman–Crippen MR) is 101 cm³/mol. The number of carbonyl (C=O) groups is 1. The van der Waals surface area contributed by atoms with E-state index in [-0.39, 0.29) is 36.6 Å². The minimum Gasteiger partial charge on any atom is -0.508 e. The summed E-state index contributed by atoms with van der Waals surface area (Å²) in [4.78, 5) is 12.1. The molecule has 0 amide bonds. The van der Waals surface area contributed by atoms with Gasteiger partial charge in [-0.3, -0.25) is 4.79 Å². The summed E-state index contributed by atoms with van der Waals surface area (Å²) in [7, 11) is 0. The monoisotopic (exact) mass is 376 g/mol. The average molecular weight is 376 g/mol. The number of ether oxygens (including phenoxy) is 1. The summed E-state index contributed by atoms with van der Waals surface area (Å²) in [5.41, 5.74) is 2.25. The van der Waals surface area contributed by atoms with Crippen molar-refractivity contribution in [3.05, 3.63) is 47.1 Å². The molecule has 0 aromatic heterocycles. The van der Waals surface area contributed by atoms with Crippen LogP contribution in [0.15, 0.2) is 41.5 Å². The Hall–Kier alpha value is -2.31. The maximum absolute atomic E-state index is 12.1. The molecule has 2 atom stereocenters. The van der Waals surface area contributed by atoms with Crippen molar-refractivity contribution < 1.29 is 30.0 Å². The zero-order valence-electron chi connectivity index (χ0n) is 15.6. The van der Waals surface area contributed by atoms with Crippen molar-refractivity contribution in [2.75, 3.05) is 13.2 Å². The molecule has 0 radical (unpaired) electrons. The molecule has 1 aliphatic rings. The number of esters is 1. The van der Waals surface area contributed by atoms with Gasteiger partial charge >= 0.3 is 5.97 Å². The summed E-state index contributed by atoms with van der Waals surface area (Å²) in [6, 6.07) is 4.21. The van der Waals surface area contributed by atoms with Crippen molar-refractivity contribution in [3.63, 3.8) is 0 Å². The smallest absolute Gasteiger partial charge is 0.309 e. The second-order valence-electron chi connectivity index (χ2n) is 6.95. The van der Waals surface area contributed by atoms with Gasteiger partial charge in [0, 0.05) is 12.0 Å². The molecule has 1 aromatic rings. The Morgan fingerprint density at radius 2 is 1.93 bits per heavy atom. The standard InChI is InChI=1S/C21H28O6/c1-14(4-2-6-15(12-22)13-23)5-3-7-16-10-20(27-21(16)26)18-11-17(24)8-9-19(18)25/h5-6,8-9,11,16,20,22-25H,2-4,7,10,12-13H2,1H3/b14-5+. The van der Waals surface area contributed by atoms with E-state index in [4.69, 9.17) is 14.9 Å². The molecule has 1 fully saturated rings. The fraction of sp³-hybridized carbons (Fsp3) is 0.476. The number of rotatable bonds is 9. The van der Waals surface area contributed by atoms with Crippen LogP contribution in [-0.4, -0.2) is 39.6 Å². The number of aromatic hydroxyl groups is 2. The molecule has 0 bridgehead atoms. The molecule has 27 heavy (non-hydrogen) atoms. The Bertz CT molecular complexity index is 701. The van der Waals surface area contributed by atoms with E-state index in [1.54, 1.807) is 0 Å². The molecular weight excluding hydrogens is 348 g/mol. The molecule has 0 spiro atoms. The van der Waals surface area contributed by atoms with Crippen LogP contribution in [0.4, 0.5) is 0 Å². The lowest BCUT2D eigenvalue weighted by Gasteiger charge is -2.11. The third-order valence-corrected chi connectivity index (χ3v) is 4.83. The first-order valence-electron chi connectivity index (χ1n) is 9.22. The summed E-state index contributed by atoms with van der Waals surface area (Å²) in [6.07, 6.45) is 6.90. The highest BCUT2D eigenvalue weighted by atomic mass is 16.6. The topological polar surface area (TPSA) is 107 Å². The fourth-order valence-corrected chi connectivity index (χ4v) is 3.18. The largest absolute Gasteiger partial charge is 0.508 e. The van der Waals surface area contributed by atoms with E-state index in [0.29, 0.717) is 24.0 Å². The van der Waals surface area contributed by atoms with Crippen LogP contribution in [-0.2, 0) is 9.53 Å². The van der Waals surface area contributed by atoms with E-state index in [1.807, 2.05) is 13.0 Å². The number of benzene rings is 1. The molecule has 148 valence electrons. The van der Waals surface area contributed by atoms with E-state index < -0.39 is 6.10 Å². The molecule has 2 unspecified atom stereocenters. The highest BCUT2D eigenvalue weighted by Gasteiger charge is 2.36. The van der Waals surface area contributed by atoms with Crippen molar-refractivity contribution in [3.8, 4) is 11.5 Å². The summed E-state index contributed by atoms with van der Waals surface area (Å²) in [5, 5.41) is 37.5. The highest BCUT2D eigenvalue weighted by Crippen LogP contribution is 2.40. The molecule has 1 aromatic carbocycles. The minimum absolute atomic E-state index is 0.0140. The number of hydrogen-bond acceptors (Lipinski definition) is 6. The average Bonchev–Trinajstić information content (AvgIpc) is 3.01. The van der Waals surface area contributed by atoms with Gasteiger partial charge in [-0.25, -0.2) is 0 Å². The molecule has 1 aliphatic heterocycles. The maximum atomic E-state index is 12.1. The highest BCUT2D eigenvalue weighted by molar-refractivity contribution is 5.75. The molecule has 4 N–H and O–H groups in total. The van der Waals surface area contributed by atoms with Gasteiger partial charge in [0.1, 0.15) is 17.6 Å². The van der Waals surface area contributed by atoms with E-state index in [1.165, 1.54) is 23.8 Å². The second kappa shape index (κ2) is 10.1. The Morgan fingerprint density at radius 1 is 1.19 bits per heavy atom. The van der Waals surface area contributed by atoms with Crippen LogP contribution in [0.2, 0.25) is 0 Å². The predicted octanol–water partition coefficient (Wildman–Crippen LogP) is 3.12. The van der Waals surface area contributed by atoms with Crippen molar-refractivity contribution >= 4 is 5.97 Å². The van der Waals surface area contributed by atoms with Gasteiger partial charge in [-0.2, -0.15) is 0 Å². The van der Waals surface area contributed by atoms with E-state index in [9.17, 15) is 15.0 Å². The first kappa shape index (κ1) is 21.0. The summed E-state index contributed by atoms with van der Waals surface area (Å²) < 4.78 is 5.38. The minimum atomic E-state index is -0.528. The molecule has 1 saturated heterocycles. The van der Waals surface area contributed by atoms with Gasteiger partial charge in [0.05, 0.1) is 19.1 Å². The van der Waals surface area contributed by atoms with Crippen LogP contribution in [0.3, 0.4) is 0 Å². The van der Waals surface area contributed by atoms with Gasteiger partial charge in [0.2, 0.25) is 0 Å². The summed E-state index contributed by atoms with van der Waals surface area (Å²) in [5.74, 6) is -0.455. The Balaban J connectivity index is 1.83. The fourth-order valence-electron chi connectivity index (χ4n) is 3.18. The lowest BCUT2D eigenvalue weighted by molar-refractivity contribution is -0.144. The Labute approximate surface area is 159 Å². The van der Waals surface area contributed by atoms with Crippen molar-refractivity contribution in [2.45, 2.75) is 45.1 Å². The summed E-state index contributed by atoms with van der Waals surface area (Å²) >= 11 is 0. The normalized spacial score (nSPS) is 19.8. The Morgan fingerprint density at radius 3 is 2.63 bits per heavy atom. The number of phenolic OH excluding ortho intramolecular Hbond substituents is 2. The van der Waals surface area contributed by atoms with Crippen molar-refractivity contribution in [1.29, 1.82) is 0 Å². The number of carbonyl (C=O) groups excluding carboxylic acids is 1. The van der Waals surface area contributed by atoms with Gasteiger partial charge < -0.3 is 25.2 Å². The molecule has 0 saturated carbocycles. The van der Waals surface area contributed by atoms with Crippen LogP contribution < -0.4 is 0 Å². The lowest BCUT2D eigenvalue weighted by atomic mass is 9.95. The zero-order chi connectivity index (χ0) is 19.8. The molecule has 6 heteroatoms. The first-order chi connectivity index (χ1) is 12.9. The third-order valence-electron chi connectivity index (χ3n) is 4.83. The number of aliphatic hydroxyl groups is 2. The van der Waals surface area contributed by atoms with Gasteiger partial charge in [-0.15, -0.1) is 0 Å². The van der Waals surface area contributed by atoms with Crippen LogP contribution in [0, 0.1) is 5.92 Å². The number of cyclic esters (lactones) is 1. The molecular formula is C21H28O6. The Kier molecular flexibility index (Phi) is 7.88. The molecule has 6 nitrogen and oxygen atoms in total. The molecule has 0 aliphatic carbocycles. The van der Waals surface area contributed by atoms with E-state index in [0.717, 1.165) is 19.3 Å². The summed E-state index contributed by atoms with van der Waals surface area (Å²) in [6.45, 7) is 1.77.